The first kappa shape index (κ1) is 10.5. The van der Waals surface area contributed by atoms with Crippen LogP contribution >= 0.6 is 0 Å². The minimum Gasteiger partial charge on any atom is -0.407 e. The monoisotopic (exact) mass is 199 g/mol. The summed E-state index contributed by atoms with van der Waals surface area (Å²) in [5, 5.41) is 12.9. The normalized spacial score (nSPS) is 12.4. The zero-order valence-corrected chi connectivity index (χ0v) is 8.07. The Bertz CT molecular complexity index is 311. The number of carbonyl (C=O) groups is 1. The molecule has 1 aromatic heterocycles. The molecule has 0 fully saturated rings. The molecule has 0 saturated carbocycles. The van der Waals surface area contributed by atoms with Gasteiger partial charge in [-0.25, -0.2) is 0 Å². The standard InChI is InChI=1S/C7H13N5O2/c1-4(6(8)13)10-7-12-11-5(14-7)3-9-2/h4,9H,3H2,1-2H3,(H2,8,13)(H,10,12). The van der Waals surface area contributed by atoms with Crippen LogP contribution < -0.4 is 16.4 Å². The number of nitrogens with two attached hydrogens (primary N) is 1. The second-order valence-corrected chi connectivity index (χ2v) is 2.80. The largest absolute Gasteiger partial charge is 0.407 e. The topological polar surface area (TPSA) is 106 Å². The summed E-state index contributed by atoms with van der Waals surface area (Å²) in [7, 11) is 1.77. The van der Waals surface area contributed by atoms with Crippen molar-refractivity contribution in [3.63, 3.8) is 0 Å². The van der Waals surface area contributed by atoms with Crippen molar-refractivity contribution in [2.45, 2.75) is 19.5 Å². The number of nitrogens with zero attached hydrogens (tertiary/aromatic N) is 2. The Morgan fingerprint density at radius 2 is 2.36 bits per heavy atom. The second kappa shape index (κ2) is 4.56. The van der Waals surface area contributed by atoms with Gasteiger partial charge in [-0.3, -0.25) is 4.79 Å². The van der Waals surface area contributed by atoms with Gasteiger partial charge >= 0.3 is 6.01 Å². The van der Waals surface area contributed by atoms with E-state index in [2.05, 4.69) is 20.8 Å². The van der Waals surface area contributed by atoms with Crippen LogP contribution in [-0.4, -0.2) is 29.2 Å². The lowest BCUT2D eigenvalue weighted by atomic mass is 10.3. The van der Waals surface area contributed by atoms with Gasteiger partial charge in [-0.1, -0.05) is 5.10 Å². The molecule has 0 aromatic carbocycles. The summed E-state index contributed by atoms with van der Waals surface area (Å²) in [5.74, 6) is -0.0231. The van der Waals surface area contributed by atoms with Crippen molar-refractivity contribution >= 4 is 11.9 Å². The average molecular weight is 199 g/mol. The molecule has 14 heavy (non-hydrogen) atoms. The lowest BCUT2D eigenvalue weighted by Gasteiger charge is -2.05. The van der Waals surface area contributed by atoms with Gasteiger partial charge in [-0.05, 0) is 14.0 Å². The number of anilines is 1. The molecule has 0 aliphatic rings. The molecule has 1 amide bonds. The van der Waals surface area contributed by atoms with Gasteiger partial charge in [-0.2, -0.15) is 0 Å². The number of nitrogens with one attached hydrogen (secondary N) is 2. The number of carbonyl (C=O) groups excluding carboxylic acids is 1. The third-order valence-electron chi connectivity index (χ3n) is 1.56. The number of aromatic nitrogens is 2. The molecular formula is C7H13N5O2. The minimum atomic E-state index is -0.530. The van der Waals surface area contributed by atoms with Crippen LogP contribution in [0.2, 0.25) is 0 Å². The first-order valence-electron chi connectivity index (χ1n) is 4.16. The highest BCUT2D eigenvalue weighted by molar-refractivity contribution is 5.81. The van der Waals surface area contributed by atoms with E-state index in [-0.39, 0.29) is 6.01 Å². The van der Waals surface area contributed by atoms with E-state index in [1.54, 1.807) is 14.0 Å². The van der Waals surface area contributed by atoms with Gasteiger partial charge < -0.3 is 20.8 Å². The summed E-state index contributed by atoms with van der Waals surface area (Å²) in [6.45, 7) is 2.10. The third kappa shape index (κ3) is 2.70. The third-order valence-corrected chi connectivity index (χ3v) is 1.56. The summed E-state index contributed by atoms with van der Waals surface area (Å²) in [4.78, 5) is 10.7. The molecule has 1 rings (SSSR count). The molecule has 0 aliphatic carbocycles. The summed E-state index contributed by atoms with van der Waals surface area (Å²) >= 11 is 0. The van der Waals surface area contributed by atoms with Crippen LogP contribution in [-0.2, 0) is 11.3 Å². The molecule has 1 atom stereocenters. The van der Waals surface area contributed by atoms with E-state index >= 15 is 0 Å². The summed E-state index contributed by atoms with van der Waals surface area (Å²) in [6.07, 6.45) is 0. The van der Waals surface area contributed by atoms with Crippen LogP contribution in [0.5, 0.6) is 0 Å². The quantitative estimate of drug-likeness (QED) is 0.566. The fourth-order valence-electron chi connectivity index (χ4n) is 0.791. The molecule has 0 aliphatic heterocycles. The van der Waals surface area contributed by atoms with Crippen LogP contribution in [0.1, 0.15) is 12.8 Å². The first-order valence-corrected chi connectivity index (χ1v) is 4.16. The average Bonchev–Trinajstić information content (AvgIpc) is 2.53. The Labute approximate surface area is 81.1 Å². The van der Waals surface area contributed by atoms with Gasteiger partial charge in [0.15, 0.2) is 0 Å². The smallest absolute Gasteiger partial charge is 0.316 e. The zero-order valence-electron chi connectivity index (χ0n) is 8.07. The number of rotatable bonds is 5. The Morgan fingerprint density at radius 1 is 1.64 bits per heavy atom. The van der Waals surface area contributed by atoms with Gasteiger partial charge in [0.2, 0.25) is 11.8 Å². The van der Waals surface area contributed by atoms with Crippen LogP contribution in [0.3, 0.4) is 0 Å². The molecule has 0 radical (unpaired) electrons. The Morgan fingerprint density at radius 3 is 2.93 bits per heavy atom. The van der Waals surface area contributed by atoms with Crippen molar-refractivity contribution < 1.29 is 9.21 Å². The fraction of sp³-hybridized carbons (Fsp3) is 0.571. The Hall–Kier alpha value is -1.63. The summed E-state index contributed by atoms with van der Waals surface area (Å²) in [6, 6.07) is -0.334. The van der Waals surface area contributed by atoms with Gasteiger partial charge in [0.1, 0.15) is 6.04 Å². The molecule has 78 valence electrons. The number of hydrogen-bond donors (Lipinski definition) is 3. The maximum atomic E-state index is 10.7. The van der Waals surface area contributed by atoms with Crippen molar-refractivity contribution in [2.24, 2.45) is 5.73 Å². The zero-order chi connectivity index (χ0) is 10.6. The predicted molar refractivity (Wildman–Crippen MR) is 49.3 cm³/mol. The van der Waals surface area contributed by atoms with E-state index in [1.165, 1.54) is 0 Å². The van der Waals surface area contributed by atoms with E-state index in [0.717, 1.165) is 0 Å². The summed E-state index contributed by atoms with van der Waals surface area (Å²) < 4.78 is 5.14. The molecule has 1 heterocycles. The maximum Gasteiger partial charge on any atom is 0.316 e. The Balaban J connectivity index is 2.55. The van der Waals surface area contributed by atoms with Gasteiger partial charge in [0.05, 0.1) is 6.54 Å². The molecule has 7 nitrogen and oxygen atoms in total. The van der Waals surface area contributed by atoms with Crippen molar-refractivity contribution in [1.82, 2.24) is 15.5 Å². The SMILES string of the molecule is CNCc1nnc(NC(C)C(N)=O)o1. The van der Waals surface area contributed by atoms with Crippen LogP contribution in [0.15, 0.2) is 4.42 Å². The highest BCUT2D eigenvalue weighted by Crippen LogP contribution is 2.06. The van der Waals surface area contributed by atoms with Crippen molar-refractivity contribution in [1.29, 1.82) is 0 Å². The molecule has 0 saturated heterocycles. The lowest BCUT2D eigenvalue weighted by molar-refractivity contribution is -0.118. The van der Waals surface area contributed by atoms with Gasteiger partial charge in [0, 0.05) is 0 Å². The highest BCUT2D eigenvalue weighted by atomic mass is 16.4. The van der Waals surface area contributed by atoms with Crippen molar-refractivity contribution in [2.75, 3.05) is 12.4 Å². The first-order chi connectivity index (χ1) is 6.63. The second-order valence-electron chi connectivity index (χ2n) is 2.80. The van der Waals surface area contributed by atoms with Crippen LogP contribution in [0.4, 0.5) is 6.01 Å². The predicted octanol–water partition coefficient (Wildman–Crippen LogP) is -0.925. The highest BCUT2D eigenvalue weighted by Gasteiger charge is 2.12. The molecular weight excluding hydrogens is 186 g/mol. The fourth-order valence-corrected chi connectivity index (χ4v) is 0.791. The van der Waals surface area contributed by atoms with E-state index < -0.39 is 11.9 Å². The van der Waals surface area contributed by atoms with E-state index in [4.69, 9.17) is 10.2 Å². The van der Waals surface area contributed by atoms with Crippen molar-refractivity contribution in [3.05, 3.63) is 5.89 Å². The maximum absolute atomic E-state index is 10.7. The molecule has 0 bridgehead atoms. The minimum absolute atomic E-state index is 0.196. The molecule has 0 spiro atoms. The molecule has 1 aromatic rings. The lowest BCUT2D eigenvalue weighted by Crippen LogP contribution is -2.32. The summed E-state index contributed by atoms with van der Waals surface area (Å²) in [5.41, 5.74) is 5.05. The number of hydrogen-bond acceptors (Lipinski definition) is 6. The van der Waals surface area contributed by atoms with Crippen LogP contribution in [0.25, 0.3) is 0 Å². The van der Waals surface area contributed by atoms with Crippen molar-refractivity contribution in [3.8, 4) is 0 Å². The number of primary amides is 1. The Kier molecular flexibility index (Phi) is 3.41. The number of amides is 1. The molecule has 7 heteroatoms. The van der Waals surface area contributed by atoms with E-state index in [0.29, 0.717) is 12.4 Å². The van der Waals surface area contributed by atoms with Gasteiger partial charge in [-0.15, -0.1) is 5.10 Å². The van der Waals surface area contributed by atoms with E-state index in [1.807, 2.05) is 0 Å². The van der Waals surface area contributed by atoms with Crippen LogP contribution in [0, 0.1) is 0 Å². The molecule has 1 unspecified atom stereocenters. The van der Waals surface area contributed by atoms with E-state index in [9.17, 15) is 4.79 Å². The van der Waals surface area contributed by atoms with Gasteiger partial charge in [0.25, 0.3) is 0 Å². The molecule has 4 N–H and O–H groups in total.